The Morgan fingerprint density at radius 3 is 2.40 bits per heavy atom. The van der Waals surface area contributed by atoms with Gasteiger partial charge in [-0.05, 0) is 50.6 Å². The van der Waals surface area contributed by atoms with Gasteiger partial charge in [0.25, 0.3) is 0 Å². The van der Waals surface area contributed by atoms with Gasteiger partial charge in [-0.1, -0.05) is 17.7 Å². The molecule has 100 valence electrons. The molecule has 0 fully saturated rings. The molecule has 0 atom stereocenters. The van der Waals surface area contributed by atoms with Crippen molar-refractivity contribution in [1.29, 1.82) is 0 Å². The fourth-order valence-electron chi connectivity index (χ4n) is 2.09. The quantitative estimate of drug-likeness (QED) is 0.620. The van der Waals surface area contributed by atoms with E-state index in [0.717, 1.165) is 22.8 Å². The lowest BCUT2D eigenvalue weighted by Gasteiger charge is -1.98. The Balaban J connectivity index is 2.02. The van der Waals surface area contributed by atoms with Crippen molar-refractivity contribution >= 4 is 17.2 Å². The molecule has 0 aliphatic rings. The molecule has 0 radical (unpaired) electrons. The highest BCUT2D eigenvalue weighted by Crippen LogP contribution is 2.24. The third kappa shape index (κ3) is 2.32. The summed E-state index contributed by atoms with van der Waals surface area (Å²) in [5, 5.41) is 8.64. The van der Waals surface area contributed by atoms with Gasteiger partial charge in [0.2, 0.25) is 0 Å². The zero-order valence-corrected chi connectivity index (χ0v) is 11.8. The number of aromatic nitrogens is 2. The van der Waals surface area contributed by atoms with Gasteiger partial charge in [-0.15, -0.1) is 10.2 Å². The van der Waals surface area contributed by atoms with Crippen molar-refractivity contribution in [2.45, 2.75) is 20.8 Å². The van der Waals surface area contributed by atoms with Gasteiger partial charge in [-0.3, -0.25) is 4.40 Å². The van der Waals surface area contributed by atoms with E-state index < -0.39 is 0 Å². The molecule has 4 heteroatoms. The molecule has 0 spiro atoms. The summed E-state index contributed by atoms with van der Waals surface area (Å²) in [4.78, 5) is 4.51. The van der Waals surface area contributed by atoms with Crippen molar-refractivity contribution in [1.82, 2.24) is 9.38 Å². The second-order valence-corrected chi connectivity index (χ2v) is 4.99. The summed E-state index contributed by atoms with van der Waals surface area (Å²) in [6, 6.07) is 12.1. The van der Waals surface area contributed by atoms with Crippen molar-refractivity contribution in [3.8, 4) is 0 Å². The number of imidazole rings is 1. The molecule has 0 saturated carbocycles. The maximum atomic E-state index is 4.51. The number of benzene rings is 1. The summed E-state index contributed by atoms with van der Waals surface area (Å²) < 4.78 is 1.96. The van der Waals surface area contributed by atoms with Gasteiger partial charge in [0.1, 0.15) is 5.65 Å². The molecule has 0 aliphatic heterocycles. The van der Waals surface area contributed by atoms with E-state index >= 15 is 0 Å². The van der Waals surface area contributed by atoms with Gasteiger partial charge in [0.05, 0.1) is 11.4 Å². The molecule has 2 aromatic heterocycles. The van der Waals surface area contributed by atoms with Crippen LogP contribution in [0.25, 0.3) is 5.65 Å². The van der Waals surface area contributed by atoms with Crippen LogP contribution in [-0.4, -0.2) is 9.38 Å². The molecule has 0 bridgehead atoms. The molecule has 2 heterocycles. The van der Waals surface area contributed by atoms with Crippen LogP contribution in [0.1, 0.15) is 16.8 Å². The summed E-state index contributed by atoms with van der Waals surface area (Å²) in [6.45, 7) is 6.06. The summed E-state index contributed by atoms with van der Waals surface area (Å²) >= 11 is 0. The second kappa shape index (κ2) is 4.89. The molecular weight excluding hydrogens is 248 g/mol. The van der Waals surface area contributed by atoms with Crippen molar-refractivity contribution in [2.24, 2.45) is 10.2 Å². The van der Waals surface area contributed by atoms with Crippen LogP contribution in [0.4, 0.5) is 11.5 Å². The molecular formula is C16H16N4. The van der Waals surface area contributed by atoms with E-state index in [2.05, 4.69) is 29.1 Å². The Morgan fingerprint density at radius 1 is 0.900 bits per heavy atom. The minimum atomic E-state index is 0.778. The first-order valence-corrected chi connectivity index (χ1v) is 6.57. The fourth-order valence-corrected chi connectivity index (χ4v) is 2.09. The SMILES string of the molecule is Cc1ccc(N=Nc2c(C)nc3cc(C)ccn23)cc1. The third-order valence-electron chi connectivity index (χ3n) is 3.22. The van der Waals surface area contributed by atoms with E-state index in [0.29, 0.717) is 0 Å². The van der Waals surface area contributed by atoms with Gasteiger partial charge in [0.15, 0.2) is 5.82 Å². The van der Waals surface area contributed by atoms with Gasteiger partial charge < -0.3 is 0 Å². The molecule has 3 aromatic rings. The third-order valence-corrected chi connectivity index (χ3v) is 3.22. The van der Waals surface area contributed by atoms with Crippen LogP contribution in [0, 0.1) is 20.8 Å². The second-order valence-electron chi connectivity index (χ2n) is 4.99. The maximum Gasteiger partial charge on any atom is 0.182 e. The summed E-state index contributed by atoms with van der Waals surface area (Å²) in [6.07, 6.45) is 1.98. The van der Waals surface area contributed by atoms with E-state index in [1.165, 1.54) is 11.1 Å². The Hall–Kier alpha value is -2.49. The van der Waals surface area contributed by atoms with E-state index in [4.69, 9.17) is 0 Å². The Kier molecular flexibility index (Phi) is 3.06. The fraction of sp³-hybridized carbons (Fsp3) is 0.188. The molecule has 20 heavy (non-hydrogen) atoms. The van der Waals surface area contributed by atoms with E-state index in [-0.39, 0.29) is 0 Å². The monoisotopic (exact) mass is 264 g/mol. The van der Waals surface area contributed by atoms with Crippen LogP contribution in [0.5, 0.6) is 0 Å². The zero-order chi connectivity index (χ0) is 14.1. The largest absolute Gasteiger partial charge is 0.283 e. The lowest BCUT2D eigenvalue weighted by molar-refractivity contribution is 1.09. The minimum Gasteiger partial charge on any atom is -0.283 e. The predicted octanol–water partition coefficient (Wildman–Crippen LogP) is 4.67. The number of aryl methyl sites for hydroxylation is 3. The zero-order valence-electron chi connectivity index (χ0n) is 11.8. The van der Waals surface area contributed by atoms with E-state index in [9.17, 15) is 0 Å². The summed E-state index contributed by atoms with van der Waals surface area (Å²) in [5.41, 5.74) is 5.03. The average Bonchev–Trinajstić information content (AvgIpc) is 2.73. The summed E-state index contributed by atoms with van der Waals surface area (Å²) in [7, 11) is 0. The van der Waals surface area contributed by atoms with Gasteiger partial charge in [-0.25, -0.2) is 4.98 Å². The first-order chi connectivity index (χ1) is 9.63. The highest BCUT2D eigenvalue weighted by molar-refractivity contribution is 5.53. The Morgan fingerprint density at radius 2 is 1.65 bits per heavy atom. The number of azo groups is 1. The number of nitrogens with zero attached hydrogens (tertiary/aromatic N) is 4. The minimum absolute atomic E-state index is 0.778. The van der Waals surface area contributed by atoms with Crippen LogP contribution in [0.2, 0.25) is 0 Å². The Labute approximate surface area is 117 Å². The average molecular weight is 264 g/mol. The van der Waals surface area contributed by atoms with Crippen molar-refractivity contribution in [3.05, 3.63) is 59.4 Å². The number of fused-ring (bicyclic) bond motifs is 1. The lowest BCUT2D eigenvalue weighted by atomic mass is 10.2. The molecule has 0 unspecified atom stereocenters. The van der Waals surface area contributed by atoms with Crippen LogP contribution >= 0.6 is 0 Å². The predicted molar refractivity (Wildman–Crippen MR) is 80.0 cm³/mol. The van der Waals surface area contributed by atoms with Crippen molar-refractivity contribution in [3.63, 3.8) is 0 Å². The smallest absolute Gasteiger partial charge is 0.182 e. The lowest BCUT2D eigenvalue weighted by Crippen LogP contribution is -1.83. The van der Waals surface area contributed by atoms with Crippen LogP contribution in [-0.2, 0) is 0 Å². The Bertz CT molecular complexity index is 782. The molecule has 3 rings (SSSR count). The molecule has 4 nitrogen and oxygen atoms in total. The summed E-state index contributed by atoms with van der Waals surface area (Å²) in [5.74, 6) is 0.778. The highest BCUT2D eigenvalue weighted by atomic mass is 15.2. The van der Waals surface area contributed by atoms with Crippen molar-refractivity contribution in [2.75, 3.05) is 0 Å². The number of hydrogen-bond donors (Lipinski definition) is 0. The highest BCUT2D eigenvalue weighted by Gasteiger charge is 2.07. The number of hydrogen-bond acceptors (Lipinski definition) is 3. The maximum absolute atomic E-state index is 4.51. The molecule has 0 saturated heterocycles. The van der Waals surface area contributed by atoms with Gasteiger partial charge in [-0.2, -0.15) is 0 Å². The van der Waals surface area contributed by atoms with Gasteiger partial charge in [0, 0.05) is 6.20 Å². The van der Waals surface area contributed by atoms with Crippen LogP contribution < -0.4 is 0 Å². The molecule has 1 aromatic carbocycles. The first-order valence-electron chi connectivity index (χ1n) is 6.57. The van der Waals surface area contributed by atoms with Crippen molar-refractivity contribution < 1.29 is 0 Å². The first kappa shape index (κ1) is 12.5. The molecule has 0 amide bonds. The normalized spacial score (nSPS) is 11.6. The van der Waals surface area contributed by atoms with Crippen LogP contribution in [0.15, 0.2) is 52.8 Å². The topological polar surface area (TPSA) is 42.0 Å². The van der Waals surface area contributed by atoms with E-state index in [1.807, 2.05) is 53.9 Å². The standard InChI is InChI=1S/C16H16N4/c1-11-4-6-14(7-5-11)18-19-16-13(3)17-15-10-12(2)8-9-20(15)16/h4-10H,1-3H3. The van der Waals surface area contributed by atoms with E-state index in [1.54, 1.807) is 0 Å². The van der Waals surface area contributed by atoms with Gasteiger partial charge >= 0.3 is 0 Å². The molecule has 0 aliphatic carbocycles. The number of pyridine rings is 1. The van der Waals surface area contributed by atoms with Crippen LogP contribution in [0.3, 0.4) is 0 Å². The molecule has 0 N–H and O–H groups in total. The number of rotatable bonds is 2.